The van der Waals surface area contributed by atoms with Crippen LogP contribution in [0.1, 0.15) is 21.5 Å². The molecule has 0 saturated heterocycles. The molecule has 21 heavy (non-hydrogen) atoms. The monoisotopic (exact) mass is 285 g/mol. The van der Waals surface area contributed by atoms with E-state index in [9.17, 15) is 9.18 Å². The van der Waals surface area contributed by atoms with Crippen molar-refractivity contribution in [2.24, 2.45) is 0 Å². The van der Waals surface area contributed by atoms with E-state index in [1.165, 1.54) is 19.2 Å². The summed E-state index contributed by atoms with van der Waals surface area (Å²) in [6.07, 6.45) is 0. The van der Waals surface area contributed by atoms with Crippen LogP contribution in [-0.2, 0) is 11.3 Å². The molecule has 0 aromatic heterocycles. The van der Waals surface area contributed by atoms with Gasteiger partial charge in [-0.15, -0.1) is 0 Å². The van der Waals surface area contributed by atoms with Crippen LogP contribution in [0.2, 0.25) is 0 Å². The normalized spacial score (nSPS) is 9.76. The molecule has 0 spiro atoms. The van der Waals surface area contributed by atoms with E-state index in [-0.39, 0.29) is 12.2 Å². The van der Waals surface area contributed by atoms with Crippen molar-refractivity contribution in [1.29, 1.82) is 5.26 Å². The Kier molecular flexibility index (Phi) is 4.52. The van der Waals surface area contributed by atoms with Crippen LogP contribution in [0.3, 0.4) is 0 Å². The Labute approximate surface area is 121 Å². The molecule has 0 N–H and O–H groups in total. The van der Waals surface area contributed by atoms with E-state index >= 15 is 0 Å². The molecule has 2 rings (SSSR count). The minimum Gasteiger partial charge on any atom is -0.489 e. The maximum Gasteiger partial charge on any atom is 0.337 e. The standard InChI is InChI=1S/C16H12FNO3/c1-20-16(19)12-3-5-14(6-4-12)21-10-11-2-7-15(17)13(8-11)9-18/h2-8H,10H2,1H3. The predicted octanol–water partition coefficient (Wildman–Crippen LogP) is 3.06. The van der Waals surface area contributed by atoms with Crippen molar-refractivity contribution in [3.05, 3.63) is 65.0 Å². The number of rotatable bonds is 4. The number of benzene rings is 2. The molecule has 2 aromatic rings. The van der Waals surface area contributed by atoms with Gasteiger partial charge in [0.05, 0.1) is 18.2 Å². The van der Waals surface area contributed by atoms with E-state index in [1.54, 1.807) is 36.4 Å². The van der Waals surface area contributed by atoms with E-state index in [1.807, 2.05) is 0 Å². The van der Waals surface area contributed by atoms with E-state index in [0.717, 1.165) is 0 Å². The number of nitriles is 1. The fraction of sp³-hybridized carbons (Fsp3) is 0.125. The first-order valence-electron chi connectivity index (χ1n) is 6.13. The number of nitrogens with zero attached hydrogens (tertiary/aromatic N) is 1. The van der Waals surface area contributed by atoms with Gasteiger partial charge in [0.1, 0.15) is 24.2 Å². The third kappa shape index (κ3) is 3.57. The summed E-state index contributed by atoms with van der Waals surface area (Å²) < 4.78 is 23.3. The first kappa shape index (κ1) is 14.5. The lowest BCUT2D eigenvalue weighted by Crippen LogP contribution is -2.01. The Hall–Kier alpha value is -2.87. The highest BCUT2D eigenvalue weighted by atomic mass is 19.1. The highest BCUT2D eigenvalue weighted by molar-refractivity contribution is 5.89. The largest absolute Gasteiger partial charge is 0.489 e. The van der Waals surface area contributed by atoms with Gasteiger partial charge in [0.25, 0.3) is 0 Å². The number of carbonyl (C=O) groups is 1. The van der Waals surface area contributed by atoms with Gasteiger partial charge in [0, 0.05) is 0 Å². The summed E-state index contributed by atoms with van der Waals surface area (Å²) in [5, 5.41) is 8.76. The third-order valence-corrected chi connectivity index (χ3v) is 2.83. The molecule has 5 heteroatoms. The fourth-order valence-corrected chi connectivity index (χ4v) is 1.72. The molecule has 0 saturated carbocycles. The zero-order valence-electron chi connectivity index (χ0n) is 11.3. The first-order valence-corrected chi connectivity index (χ1v) is 6.13. The number of carbonyl (C=O) groups excluding carboxylic acids is 1. The summed E-state index contributed by atoms with van der Waals surface area (Å²) in [5.74, 6) is -0.409. The van der Waals surface area contributed by atoms with Crippen molar-refractivity contribution in [3.8, 4) is 11.8 Å². The molecule has 0 bridgehead atoms. The maximum absolute atomic E-state index is 13.2. The smallest absolute Gasteiger partial charge is 0.337 e. The lowest BCUT2D eigenvalue weighted by Gasteiger charge is -2.07. The van der Waals surface area contributed by atoms with E-state index in [4.69, 9.17) is 10.00 Å². The minimum absolute atomic E-state index is 0.0165. The number of ether oxygens (including phenoxy) is 2. The second-order valence-corrected chi connectivity index (χ2v) is 4.23. The molecule has 0 amide bonds. The van der Waals surface area contributed by atoms with Crippen LogP contribution in [0.15, 0.2) is 42.5 Å². The van der Waals surface area contributed by atoms with Gasteiger partial charge < -0.3 is 9.47 Å². The molecule has 106 valence electrons. The zero-order valence-corrected chi connectivity index (χ0v) is 11.3. The Morgan fingerprint density at radius 1 is 1.24 bits per heavy atom. The van der Waals surface area contributed by atoms with Crippen molar-refractivity contribution in [1.82, 2.24) is 0 Å². The van der Waals surface area contributed by atoms with Crippen molar-refractivity contribution in [3.63, 3.8) is 0 Å². The van der Waals surface area contributed by atoms with Gasteiger partial charge in [-0.25, -0.2) is 9.18 Å². The highest BCUT2D eigenvalue weighted by Gasteiger charge is 2.06. The predicted molar refractivity (Wildman–Crippen MR) is 73.2 cm³/mol. The topological polar surface area (TPSA) is 59.3 Å². The summed E-state index contributed by atoms with van der Waals surface area (Å²) in [6, 6.07) is 12.5. The van der Waals surface area contributed by atoms with Crippen molar-refractivity contribution in [2.45, 2.75) is 6.61 Å². The van der Waals surface area contributed by atoms with Crippen LogP contribution in [-0.4, -0.2) is 13.1 Å². The van der Waals surface area contributed by atoms with Gasteiger partial charge in [0.2, 0.25) is 0 Å². The van der Waals surface area contributed by atoms with Crippen LogP contribution in [0.5, 0.6) is 5.75 Å². The number of methoxy groups -OCH3 is 1. The average Bonchev–Trinajstić information content (AvgIpc) is 2.53. The maximum atomic E-state index is 13.2. The quantitative estimate of drug-likeness (QED) is 0.810. The van der Waals surface area contributed by atoms with Gasteiger partial charge >= 0.3 is 5.97 Å². The van der Waals surface area contributed by atoms with Crippen LogP contribution in [0.4, 0.5) is 4.39 Å². The van der Waals surface area contributed by atoms with Gasteiger partial charge in [-0.2, -0.15) is 5.26 Å². The van der Waals surface area contributed by atoms with Crippen LogP contribution in [0.25, 0.3) is 0 Å². The molecule has 0 radical (unpaired) electrons. The molecule has 2 aromatic carbocycles. The molecule has 0 aliphatic carbocycles. The Morgan fingerprint density at radius 2 is 1.95 bits per heavy atom. The first-order chi connectivity index (χ1) is 10.1. The Morgan fingerprint density at radius 3 is 2.57 bits per heavy atom. The summed E-state index contributed by atoms with van der Waals surface area (Å²) in [5.41, 5.74) is 1.10. The molecule has 0 atom stereocenters. The number of halogens is 1. The Balaban J connectivity index is 2.03. The van der Waals surface area contributed by atoms with Crippen molar-refractivity contribution in [2.75, 3.05) is 7.11 Å². The number of esters is 1. The fourth-order valence-electron chi connectivity index (χ4n) is 1.72. The molecule has 0 heterocycles. The third-order valence-electron chi connectivity index (χ3n) is 2.83. The minimum atomic E-state index is -0.552. The van der Waals surface area contributed by atoms with Gasteiger partial charge in [-0.1, -0.05) is 6.07 Å². The van der Waals surface area contributed by atoms with E-state index < -0.39 is 11.8 Å². The van der Waals surface area contributed by atoms with Gasteiger partial charge in [-0.3, -0.25) is 0 Å². The van der Waals surface area contributed by atoms with E-state index in [0.29, 0.717) is 16.9 Å². The second-order valence-electron chi connectivity index (χ2n) is 4.23. The lowest BCUT2D eigenvalue weighted by molar-refractivity contribution is 0.0600. The molecular formula is C16H12FNO3. The van der Waals surface area contributed by atoms with Crippen LogP contribution >= 0.6 is 0 Å². The van der Waals surface area contributed by atoms with Gasteiger partial charge in [-0.05, 0) is 42.0 Å². The average molecular weight is 285 g/mol. The molecule has 0 aliphatic heterocycles. The second kappa shape index (κ2) is 6.53. The summed E-state index contributed by atoms with van der Waals surface area (Å²) in [4.78, 5) is 11.3. The molecule has 4 nitrogen and oxygen atoms in total. The summed E-state index contributed by atoms with van der Waals surface area (Å²) in [6.45, 7) is 0.201. The lowest BCUT2D eigenvalue weighted by atomic mass is 10.1. The van der Waals surface area contributed by atoms with Crippen molar-refractivity contribution >= 4 is 5.97 Å². The van der Waals surface area contributed by atoms with E-state index in [2.05, 4.69) is 4.74 Å². The zero-order chi connectivity index (χ0) is 15.2. The van der Waals surface area contributed by atoms with Crippen LogP contribution < -0.4 is 4.74 Å². The number of hydrogen-bond acceptors (Lipinski definition) is 4. The van der Waals surface area contributed by atoms with Gasteiger partial charge in [0.15, 0.2) is 0 Å². The Bertz CT molecular complexity index is 690. The molecule has 0 aliphatic rings. The highest BCUT2D eigenvalue weighted by Crippen LogP contribution is 2.16. The van der Waals surface area contributed by atoms with Crippen LogP contribution in [0, 0.1) is 17.1 Å². The molecule has 0 fully saturated rings. The number of hydrogen-bond donors (Lipinski definition) is 0. The molecular weight excluding hydrogens is 273 g/mol. The molecule has 0 unspecified atom stereocenters. The SMILES string of the molecule is COC(=O)c1ccc(OCc2ccc(F)c(C#N)c2)cc1. The van der Waals surface area contributed by atoms with Crippen molar-refractivity contribution < 1.29 is 18.7 Å². The summed E-state index contributed by atoms with van der Waals surface area (Å²) >= 11 is 0. The summed E-state index contributed by atoms with van der Waals surface area (Å²) in [7, 11) is 1.31.